The molecular formula is C33H39N9O5. The summed E-state index contributed by atoms with van der Waals surface area (Å²) in [5, 5.41) is 32.9. The van der Waals surface area contributed by atoms with E-state index in [1.54, 1.807) is 10.9 Å². The fourth-order valence-electron chi connectivity index (χ4n) is 6.07. The summed E-state index contributed by atoms with van der Waals surface area (Å²) < 4.78 is 18.6. The largest absolute Gasteiger partial charge is 0.387 e. The number of aliphatic hydroxyl groups excluding tert-OH is 2. The van der Waals surface area contributed by atoms with E-state index in [2.05, 4.69) is 54.9 Å². The van der Waals surface area contributed by atoms with E-state index in [4.69, 9.17) is 24.0 Å². The Balaban J connectivity index is 1.19. The summed E-state index contributed by atoms with van der Waals surface area (Å²) in [5.74, 6) is 1.58. The number of hydrogen-bond donors (Lipinski definition) is 4. The van der Waals surface area contributed by atoms with Crippen LogP contribution < -0.4 is 10.6 Å². The second-order valence-electron chi connectivity index (χ2n) is 11.7. The summed E-state index contributed by atoms with van der Waals surface area (Å²) in [4.78, 5) is 21.0. The third kappa shape index (κ3) is 6.68. The molecule has 5 heterocycles. The molecule has 3 aromatic heterocycles. The zero-order chi connectivity index (χ0) is 32.2. The molecule has 14 heteroatoms. The molecule has 2 aliphatic heterocycles. The van der Waals surface area contributed by atoms with Crippen LogP contribution in [0.15, 0.2) is 71.5 Å². The van der Waals surface area contributed by atoms with Crippen LogP contribution in [-0.4, -0.2) is 103 Å². The molecule has 2 saturated heterocycles. The number of aryl methyl sites for hydroxylation is 1. The number of fused-ring (bicyclic) bond motifs is 1. The molecule has 246 valence electrons. The van der Waals surface area contributed by atoms with Crippen molar-refractivity contribution in [3.8, 4) is 0 Å². The number of aromatic nitrogens is 6. The number of morpholine rings is 1. The molecule has 0 bridgehead atoms. The summed E-state index contributed by atoms with van der Waals surface area (Å²) in [6, 6.07) is 20.7. The molecule has 0 radical (unpaired) electrons. The first-order valence-electron chi connectivity index (χ1n) is 16.1. The molecular weight excluding hydrogens is 602 g/mol. The number of rotatable bonds is 12. The van der Waals surface area contributed by atoms with Crippen molar-refractivity contribution in [1.29, 1.82) is 0 Å². The maximum absolute atomic E-state index is 11.1. The van der Waals surface area contributed by atoms with E-state index in [0.29, 0.717) is 48.3 Å². The van der Waals surface area contributed by atoms with Crippen molar-refractivity contribution < 1.29 is 24.2 Å². The molecule has 5 aromatic rings. The van der Waals surface area contributed by atoms with Gasteiger partial charge in [-0.15, -0.1) is 0 Å². The number of nitrogens with zero attached hydrogens (tertiary/aromatic N) is 7. The van der Waals surface area contributed by atoms with Crippen LogP contribution in [0, 0.1) is 0 Å². The molecule has 4 atom stereocenters. The standard InChI is InChI=1S/C33H39N9O5/c1-2-24-37-31(47-40-24)28-26(43)27(44)32(46-28)42-20-36-25-29(38-33(39-30(25)42)34-13-14-41-15-17-45-18-16-41)35-19-23(21-9-5-3-6-10-21)22-11-7-4-8-12-22/h3-12,20,23,26-28,32,43-44H,2,13-19H2,1H3,(H2,34,35,38,39)/t26-,27+,28-,32+/m0/s1. The summed E-state index contributed by atoms with van der Waals surface area (Å²) in [6.07, 6.45) is -2.52. The minimum absolute atomic E-state index is 0.0422. The van der Waals surface area contributed by atoms with Gasteiger partial charge in [-0.25, -0.2) is 4.98 Å². The predicted molar refractivity (Wildman–Crippen MR) is 173 cm³/mol. The SMILES string of the molecule is CCc1noc([C@H]2O[C@@H](n3cnc4c(NCC(c5ccccc5)c5ccccc5)nc(NCCN5CCOCC5)nc43)[C@H](O)[C@@H]2O)n1. The lowest BCUT2D eigenvalue weighted by Crippen LogP contribution is -2.39. The highest BCUT2D eigenvalue weighted by Crippen LogP contribution is 2.40. The first-order chi connectivity index (χ1) is 23.1. The first kappa shape index (κ1) is 31.1. The zero-order valence-electron chi connectivity index (χ0n) is 26.1. The van der Waals surface area contributed by atoms with Gasteiger partial charge in [0.15, 0.2) is 35.1 Å². The maximum atomic E-state index is 11.1. The second kappa shape index (κ2) is 14.1. The number of anilines is 2. The lowest BCUT2D eigenvalue weighted by Gasteiger charge is -2.26. The lowest BCUT2D eigenvalue weighted by molar-refractivity contribution is -0.0451. The van der Waals surface area contributed by atoms with E-state index in [1.165, 1.54) is 11.1 Å². The molecule has 0 spiro atoms. The van der Waals surface area contributed by atoms with Gasteiger partial charge < -0.3 is 34.8 Å². The predicted octanol–water partition coefficient (Wildman–Crippen LogP) is 2.75. The minimum atomic E-state index is -1.31. The molecule has 0 saturated carbocycles. The van der Waals surface area contributed by atoms with Gasteiger partial charge in [0.05, 0.1) is 19.5 Å². The number of imidazole rings is 1. The average Bonchev–Trinajstić information content (AvgIpc) is 3.84. The second-order valence-corrected chi connectivity index (χ2v) is 11.7. The fraction of sp³-hybridized carbons (Fsp3) is 0.424. The van der Waals surface area contributed by atoms with Crippen LogP contribution in [-0.2, 0) is 15.9 Å². The molecule has 0 amide bonds. The normalized spacial score (nSPS) is 21.9. The molecule has 47 heavy (non-hydrogen) atoms. The van der Waals surface area contributed by atoms with E-state index in [-0.39, 0.29) is 11.8 Å². The van der Waals surface area contributed by atoms with Gasteiger partial charge in [0.2, 0.25) is 5.95 Å². The Labute approximate surface area is 271 Å². The topological polar surface area (TPSA) is 169 Å². The smallest absolute Gasteiger partial charge is 0.258 e. The lowest BCUT2D eigenvalue weighted by atomic mass is 9.91. The number of ether oxygens (including phenoxy) is 2. The zero-order valence-corrected chi connectivity index (χ0v) is 26.1. The summed E-state index contributed by atoms with van der Waals surface area (Å²) >= 11 is 0. The highest BCUT2D eigenvalue weighted by molar-refractivity contribution is 5.84. The fourth-order valence-corrected chi connectivity index (χ4v) is 6.07. The molecule has 7 rings (SSSR count). The van der Waals surface area contributed by atoms with E-state index in [9.17, 15) is 10.2 Å². The average molecular weight is 642 g/mol. The molecule has 4 N–H and O–H groups in total. The Morgan fingerprint density at radius 1 is 0.915 bits per heavy atom. The number of aliphatic hydroxyl groups is 2. The summed E-state index contributed by atoms with van der Waals surface area (Å²) in [5.41, 5.74) is 3.27. The molecule has 2 fully saturated rings. The third-order valence-electron chi connectivity index (χ3n) is 8.67. The Morgan fingerprint density at radius 2 is 1.64 bits per heavy atom. The van der Waals surface area contributed by atoms with Crippen molar-refractivity contribution in [2.24, 2.45) is 0 Å². The van der Waals surface area contributed by atoms with Gasteiger partial charge >= 0.3 is 0 Å². The minimum Gasteiger partial charge on any atom is -0.387 e. The van der Waals surface area contributed by atoms with Gasteiger partial charge in [0.1, 0.15) is 12.2 Å². The number of hydrogen-bond acceptors (Lipinski definition) is 13. The van der Waals surface area contributed by atoms with Crippen molar-refractivity contribution >= 4 is 22.9 Å². The van der Waals surface area contributed by atoms with Gasteiger partial charge in [-0.05, 0) is 11.1 Å². The highest BCUT2D eigenvalue weighted by Gasteiger charge is 2.47. The Morgan fingerprint density at radius 3 is 2.32 bits per heavy atom. The Bertz CT molecular complexity index is 1710. The van der Waals surface area contributed by atoms with Crippen LogP contribution in [0.1, 0.15) is 48.0 Å². The van der Waals surface area contributed by atoms with Crippen LogP contribution in [0.3, 0.4) is 0 Å². The number of nitrogens with one attached hydrogen (secondary N) is 2. The van der Waals surface area contributed by atoms with Gasteiger partial charge in [0, 0.05) is 45.1 Å². The maximum Gasteiger partial charge on any atom is 0.258 e. The van der Waals surface area contributed by atoms with Crippen molar-refractivity contribution in [3.05, 3.63) is 89.8 Å². The van der Waals surface area contributed by atoms with Crippen LogP contribution in [0.4, 0.5) is 11.8 Å². The van der Waals surface area contributed by atoms with Crippen molar-refractivity contribution in [1.82, 2.24) is 34.6 Å². The van der Waals surface area contributed by atoms with E-state index >= 15 is 0 Å². The van der Waals surface area contributed by atoms with E-state index in [1.807, 2.05) is 43.3 Å². The summed E-state index contributed by atoms with van der Waals surface area (Å²) in [7, 11) is 0. The van der Waals surface area contributed by atoms with Gasteiger partial charge in [-0.1, -0.05) is 72.7 Å². The highest BCUT2D eigenvalue weighted by atomic mass is 16.6. The van der Waals surface area contributed by atoms with Gasteiger partial charge in [-0.3, -0.25) is 9.47 Å². The van der Waals surface area contributed by atoms with Gasteiger partial charge in [-0.2, -0.15) is 15.0 Å². The molecule has 0 unspecified atom stereocenters. The van der Waals surface area contributed by atoms with Crippen molar-refractivity contribution in [3.63, 3.8) is 0 Å². The van der Waals surface area contributed by atoms with Crippen LogP contribution in [0.25, 0.3) is 11.2 Å². The van der Waals surface area contributed by atoms with Crippen LogP contribution in [0.5, 0.6) is 0 Å². The van der Waals surface area contributed by atoms with Crippen molar-refractivity contribution in [2.75, 3.05) is 56.6 Å². The van der Waals surface area contributed by atoms with E-state index in [0.717, 1.165) is 32.8 Å². The quantitative estimate of drug-likeness (QED) is 0.157. The van der Waals surface area contributed by atoms with E-state index < -0.39 is 24.5 Å². The Kier molecular flexibility index (Phi) is 9.35. The molecule has 2 aliphatic rings. The third-order valence-corrected chi connectivity index (χ3v) is 8.67. The van der Waals surface area contributed by atoms with Crippen molar-refractivity contribution in [2.45, 2.75) is 43.8 Å². The first-order valence-corrected chi connectivity index (χ1v) is 16.1. The van der Waals surface area contributed by atoms with Gasteiger partial charge in [0.25, 0.3) is 5.89 Å². The summed E-state index contributed by atoms with van der Waals surface area (Å²) in [6.45, 7) is 7.06. The molecule has 0 aliphatic carbocycles. The van der Waals surface area contributed by atoms with Crippen LogP contribution >= 0.6 is 0 Å². The number of benzene rings is 2. The molecule has 2 aromatic carbocycles. The van der Waals surface area contributed by atoms with Crippen LogP contribution in [0.2, 0.25) is 0 Å². The Hall–Kier alpha value is -4.47. The monoisotopic (exact) mass is 641 g/mol. The molecule has 14 nitrogen and oxygen atoms in total.